The number of carbonyl (C=O) groups excluding carboxylic acids is 1. The number of carbonyl (C=O) groups is 1. The minimum atomic E-state index is -0.200. The Hall–Kier alpha value is -2.34. The van der Waals surface area contributed by atoms with E-state index in [-0.39, 0.29) is 6.03 Å². The number of para-hydroxylation sites is 1. The number of thiazole rings is 1. The van der Waals surface area contributed by atoms with E-state index in [0.717, 1.165) is 33.9 Å². The van der Waals surface area contributed by atoms with Crippen LogP contribution in [0.2, 0.25) is 0 Å². The highest BCUT2D eigenvalue weighted by molar-refractivity contribution is 7.09. The fourth-order valence-corrected chi connectivity index (χ4v) is 2.93. The molecule has 0 saturated carbocycles. The summed E-state index contributed by atoms with van der Waals surface area (Å²) in [7, 11) is 0. The highest BCUT2D eigenvalue weighted by Crippen LogP contribution is 2.18. The molecule has 0 aliphatic carbocycles. The van der Waals surface area contributed by atoms with Crippen molar-refractivity contribution in [3.8, 4) is 0 Å². The molecule has 0 atom stereocenters. The summed E-state index contributed by atoms with van der Waals surface area (Å²) in [5.41, 5.74) is 1.85. The number of amides is 2. The van der Waals surface area contributed by atoms with Crippen LogP contribution in [0.25, 0.3) is 11.0 Å². The summed E-state index contributed by atoms with van der Waals surface area (Å²) in [6.07, 6.45) is 0.747. The van der Waals surface area contributed by atoms with E-state index >= 15 is 0 Å². The predicted octanol–water partition coefficient (Wildman–Crippen LogP) is 3.24. The molecule has 2 amide bonds. The van der Waals surface area contributed by atoms with E-state index in [9.17, 15) is 4.79 Å². The summed E-state index contributed by atoms with van der Waals surface area (Å²) in [6, 6.07) is 9.52. The van der Waals surface area contributed by atoms with E-state index in [1.165, 1.54) is 0 Å². The minimum Gasteiger partial charge on any atom is -0.459 e. The quantitative estimate of drug-likeness (QED) is 0.759. The minimum absolute atomic E-state index is 0.200. The van der Waals surface area contributed by atoms with E-state index in [1.54, 1.807) is 11.3 Å². The van der Waals surface area contributed by atoms with Gasteiger partial charge in [0.05, 0.1) is 11.6 Å². The van der Waals surface area contributed by atoms with Crippen LogP contribution >= 0.6 is 11.3 Å². The average molecular weight is 315 g/mol. The maximum absolute atomic E-state index is 11.7. The molecule has 0 aliphatic rings. The number of nitrogens with one attached hydrogen (secondary N) is 2. The molecule has 2 aromatic heterocycles. The number of aryl methyl sites for hydroxylation is 1. The number of fused-ring (bicyclic) bond motifs is 1. The molecule has 6 heteroatoms. The van der Waals surface area contributed by atoms with Crippen molar-refractivity contribution in [2.24, 2.45) is 0 Å². The Morgan fingerprint density at radius 3 is 2.95 bits per heavy atom. The van der Waals surface area contributed by atoms with Gasteiger partial charge in [0.1, 0.15) is 11.3 Å². The standard InChI is InChI=1S/C16H17N3O2S/c1-11-10-22-15(19-11)6-7-17-16(20)18-9-13-8-12-4-2-3-5-14(12)21-13/h2-5,8,10H,6-7,9H2,1H3,(H2,17,18,20). The molecule has 2 heterocycles. The molecular weight excluding hydrogens is 298 g/mol. The van der Waals surface area contributed by atoms with Crippen molar-refractivity contribution in [1.29, 1.82) is 0 Å². The largest absolute Gasteiger partial charge is 0.459 e. The van der Waals surface area contributed by atoms with Gasteiger partial charge in [-0.05, 0) is 19.1 Å². The van der Waals surface area contributed by atoms with Gasteiger partial charge in [0, 0.05) is 29.4 Å². The van der Waals surface area contributed by atoms with Crippen molar-refractivity contribution in [1.82, 2.24) is 15.6 Å². The first-order chi connectivity index (χ1) is 10.7. The van der Waals surface area contributed by atoms with Gasteiger partial charge in [-0.25, -0.2) is 9.78 Å². The lowest BCUT2D eigenvalue weighted by Gasteiger charge is -2.05. The first kappa shape index (κ1) is 14.6. The van der Waals surface area contributed by atoms with Gasteiger partial charge in [-0.15, -0.1) is 11.3 Å². The molecular formula is C16H17N3O2S. The highest BCUT2D eigenvalue weighted by Gasteiger charge is 2.06. The topological polar surface area (TPSA) is 67.2 Å². The normalized spacial score (nSPS) is 10.8. The van der Waals surface area contributed by atoms with E-state index in [1.807, 2.05) is 42.6 Å². The van der Waals surface area contributed by atoms with Gasteiger partial charge in [0.15, 0.2) is 0 Å². The SMILES string of the molecule is Cc1csc(CCNC(=O)NCc2cc3ccccc3o2)n1. The van der Waals surface area contributed by atoms with E-state index < -0.39 is 0 Å². The van der Waals surface area contributed by atoms with Gasteiger partial charge in [-0.3, -0.25) is 0 Å². The number of rotatable bonds is 5. The lowest BCUT2D eigenvalue weighted by molar-refractivity contribution is 0.240. The third-order valence-electron chi connectivity index (χ3n) is 3.19. The molecule has 0 saturated heterocycles. The van der Waals surface area contributed by atoms with E-state index in [0.29, 0.717) is 13.1 Å². The van der Waals surface area contributed by atoms with Gasteiger partial charge < -0.3 is 15.1 Å². The van der Waals surface area contributed by atoms with Crippen LogP contribution < -0.4 is 10.6 Å². The first-order valence-electron chi connectivity index (χ1n) is 7.11. The van der Waals surface area contributed by atoms with Crippen molar-refractivity contribution < 1.29 is 9.21 Å². The van der Waals surface area contributed by atoms with Crippen LogP contribution in [0.1, 0.15) is 16.5 Å². The van der Waals surface area contributed by atoms with Gasteiger partial charge in [0.25, 0.3) is 0 Å². The molecule has 22 heavy (non-hydrogen) atoms. The smallest absolute Gasteiger partial charge is 0.315 e. The van der Waals surface area contributed by atoms with Crippen LogP contribution in [0.5, 0.6) is 0 Å². The zero-order chi connectivity index (χ0) is 15.4. The zero-order valence-corrected chi connectivity index (χ0v) is 13.1. The predicted molar refractivity (Wildman–Crippen MR) is 87.0 cm³/mol. The molecule has 0 radical (unpaired) electrons. The van der Waals surface area contributed by atoms with Crippen molar-refractivity contribution >= 4 is 28.3 Å². The summed E-state index contributed by atoms with van der Waals surface area (Å²) in [6.45, 7) is 2.91. The first-order valence-corrected chi connectivity index (χ1v) is 7.99. The lowest BCUT2D eigenvalue weighted by Crippen LogP contribution is -2.36. The summed E-state index contributed by atoms with van der Waals surface area (Å²) < 4.78 is 5.64. The second-order valence-corrected chi connectivity index (χ2v) is 5.94. The molecule has 3 aromatic rings. The molecule has 114 valence electrons. The van der Waals surface area contributed by atoms with Crippen molar-refractivity contribution in [3.63, 3.8) is 0 Å². The number of hydrogen-bond donors (Lipinski definition) is 2. The Kier molecular flexibility index (Phi) is 4.39. The number of urea groups is 1. The van der Waals surface area contributed by atoms with Crippen LogP contribution in [-0.4, -0.2) is 17.6 Å². The molecule has 0 unspecified atom stereocenters. The van der Waals surface area contributed by atoms with Crippen LogP contribution in [0.4, 0.5) is 4.79 Å². The zero-order valence-electron chi connectivity index (χ0n) is 12.3. The van der Waals surface area contributed by atoms with E-state index in [4.69, 9.17) is 4.42 Å². The third-order valence-corrected chi connectivity index (χ3v) is 4.22. The van der Waals surface area contributed by atoms with Crippen molar-refractivity contribution in [2.45, 2.75) is 19.9 Å². The maximum Gasteiger partial charge on any atom is 0.315 e. The monoisotopic (exact) mass is 315 g/mol. The summed E-state index contributed by atoms with van der Waals surface area (Å²) in [5, 5.41) is 9.70. The van der Waals surface area contributed by atoms with Crippen LogP contribution in [0.3, 0.4) is 0 Å². The van der Waals surface area contributed by atoms with E-state index in [2.05, 4.69) is 15.6 Å². The molecule has 5 nitrogen and oxygen atoms in total. The Morgan fingerprint density at radius 2 is 2.18 bits per heavy atom. The second kappa shape index (κ2) is 6.62. The van der Waals surface area contributed by atoms with Gasteiger partial charge in [-0.1, -0.05) is 18.2 Å². The van der Waals surface area contributed by atoms with Crippen LogP contribution in [0, 0.1) is 6.92 Å². The average Bonchev–Trinajstić information content (AvgIpc) is 3.11. The second-order valence-electron chi connectivity index (χ2n) is 4.99. The number of furan rings is 1. The Bertz CT molecular complexity index is 745. The van der Waals surface area contributed by atoms with Crippen LogP contribution in [0.15, 0.2) is 40.1 Å². The molecule has 0 bridgehead atoms. The third kappa shape index (κ3) is 3.65. The number of aromatic nitrogens is 1. The molecule has 0 aliphatic heterocycles. The Balaban J connectivity index is 1.43. The molecule has 3 rings (SSSR count). The lowest BCUT2D eigenvalue weighted by atomic mass is 10.2. The van der Waals surface area contributed by atoms with Crippen molar-refractivity contribution in [2.75, 3.05) is 6.54 Å². The summed E-state index contributed by atoms with van der Waals surface area (Å²) in [4.78, 5) is 16.1. The molecule has 0 fully saturated rings. The number of benzene rings is 1. The highest BCUT2D eigenvalue weighted by atomic mass is 32.1. The van der Waals surface area contributed by atoms with Gasteiger partial charge in [-0.2, -0.15) is 0 Å². The summed E-state index contributed by atoms with van der Waals surface area (Å²) >= 11 is 1.62. The Labute approximate surface area is 132 Å². The fraction of sp³-hybridized carbons (Fsp3) is 0.250. The summed E-state index contributed by atoms with van der Waals surface area (Å²) in [5.74, 6) is 0.742. The number of hydrogen-bond acceptors (Lipinski definition) is 4. The maximum atomic E-state index is 11.7. The fourth-order valence-electron chi connectivity index (χ4n) is 2.15. The van der Waals surface area contributed by atoms with Gasteiger partial charge in [0.2, 0.25) is 0 Å². The molecule has 0 spiro atoms. The Morgan fingerprint density at radius 1 is 1.32 bits per heavy atom. The number of nitrogens with zero attached hydrogens (tertiary/aromatic N) is 1. The van der Waals surface area contributed by atoms with Crippen LogP contribution in [-0.2, 0) is 13.0 Å². The van der Waals surface area contributed by atoms with Crippen molar-refractivity contribution in [3.05, 3.63) is 52.2 Å². The molecule has 2 N–H and O–H groups in total. The molecule has 1 aromatic carbocycles. The van der Waals surface area contributed by atoms with Gasteiger partial charge >= 0.3 is 6.03 Å².